The highest BCUT2D eigenvalue weighted by Crippen LogP contribution is 2.38. The standard InChI is InChI=1S/C13H16ClNO5S/c1-8(13(15)16)21(17,18)7-9-5-10(14)12-11(6-9)19-3-2-4-20-12/h5-6,8H,2-4,7H2,1H3,(H2,15,16). The van der Waals surface area contributed by atoms with Gasteiger partial charge in [-0.15, -0.1) is 0 Å². The summed E-state index contributed by atoms with van der Waals surface area (Å²) in [5.41, 5.74) is 5.48. The minimum atomic E-state index is -3.69. The summed E-state index contributed by atoms with van der Waals surface area (Å²) < 4.78 is 35.1. The lowest BCUT2D eigenvalue weighted by Crippen LogP contribution is -2.34. The van der Waals surface area contributed by atoms with E-state index in [1.165, 1.54) is 13.0 Å². The summed E-state index contributed by atoms with van der Waals surface area (Å²) in [6.07, 6.45) is 0.720. The van der Waals surface area contributed by atoms with Gasteiger partial charge in [-0.25, -0.2) is 8.42 Å². The van der Waals surface area contributed by atoms with Gasteiger partial charge < -0.3 is 15.2 Å². The summed E-state index contributed by atoms with van der Waals surface area (Å²) in [5, 5.41) is -0.974. The third-order valence-corrected chi connectivity index (χ3v) is 5.50. The van der Waals surface area contributed by atoms with Gasteiger partial charge in [0.25, 0.3) is 0 Å². The molecule has 21 heavy (non-hydrogen) atoms. The van der Waals surface area contributed by atoms with Gasteiger partial charge in [-0.3, -0.25) is 4.79 Å². The van der Waals surface area contributed by atoms with Crippen molar-refractivity contribution in [1.29, 1.82) is 0 Å². The number of hydrogen-bond donors (Lipinski definition) is 1. The number of amides is 1. The molecule has 0 aliphatic carbocycles. The molecule has 8 heteroatoms. The highest BCUT2D eigenvalue weighted by molar-refractivity contribution is 7.92. The first kappa shape index (κ1) is 15.9. The molecular formula is C13H16ClNO5S. The molecule has 2 rings (SSSR count). The second-order valence-electron chi connectivity index (χ2n) is 4.81. The molecule has 1 atom stereocenters. The summed E-state index contributed by atoms with van der Waals surface area (Å²) in [4.78, 5) is 11.1. The molecule has 1 aromatic carbocycles. The first-order chi connectivity index (χ1) is 9.81. The summed E-state index contributed by atoms with van der Waals surface area (Å²) in [6.45, 7) is 2.22. The Morgan fingerprint density at radius 2 is 2.05 bits per heavy atom. The third kappa shape index (κ3) is 3.59. The van der Waals surface area contributed by atoms with Gasteiger partial charge in [0.15, 0.2) is 21.3 Å². The van der Waals surface area contributed by atoms with E-state index in [4.69, 9.17) is 26.8 Å². The number of rotatable bonds is 4. The number of primary amides is 1. The Morgan fingerprint density at radius 1 is 1.38 bits per heavy atom. The van der Waals surface area contributed by atoms with E-state index >= 15 is 0 Å². The SMILES string of the molecule is CC(C(N)=O)S(=O)(=O)Cc1cc(Cl)c2c(c1)OCCCO2. The van der Waals surface area contributed by atoms with Crippen molar-refractivity contribution in [3.8, 4) is 11.5 Å². The van der Waals surface area contributed by atoms with Crippen LogP contribution in [0, 0.1) is 0 Å². The number of halogens is 1. The van der Waals surface area contributed by atoms with Crippen molar-refractivity contribution >= 4 is 27.3 Å². The van der Waals surface area contributed by atoms with Crippen molar-refractivity contribution in [2.75, 3.05) is 13.2 Å². The van der Waals surface area contributed by atoms with Gasteiger partial charge in [-0.2, -0.15) is 0 Å². The molecule has 0 bridgehead atoms. The molecule has 0 saturated heterocycles. The van der Waals surface area contributed by atoms with E-state index in [1.54, 1.807) is 6.07 Å². The lowest BCUT2D eigenvalue weighted by Gasteiger charge is -2.13. The van der Waals surface area contributed by atoms with Gasteiger partial charge in [-0.05, 0) is 24.6 Å². The predicted octanol–water partition coefficient (Wildman–Crippen LogP) is 1.29. The Hall–Kier alpha value is -1.47. The zero-order valence-corrected chi connectivity index (χ0v) is 13.0. The van der Waals surface area contributed by atoms with E-state index in [2.05, 4.69) is 0 Å². The molecule has 0 radical (unpaired) electrons. The molecule has 1 unspecified atom stereocenters. The van der Waals surface area contributed by atoms with Crippen LogP contribution in [0.5, 0.6) is 11.5 Å². The van der Waals surface area contributed by atoms with Gasteiger partial charge in [-0.1, -0.05) is 11.6 Å². The Kier molecular flexibility index (Phi) is 4.63. The average molecular weight is 334 g/mol. The van der Waals surface area contributed by atoms with Crippen molar-refractivity contribution in [3.63, 3.8) is 0 Å². The number of nitrogens with two attached hydrogens (primary N) is 1. The summed E-state index contributed by atoms with van der Waals surface area (Å²) >= 11 is 6.10. The number of carbonyl (C=O) groups is 1. The largest absolute Gasteiger partial charge is 0.489 e. The van der Waals surface area contributed by atoms with E-state index in [0.717, 1.165) is 6.42 Å². The Labute approximate surface area is 128 Å². The molecule has 0 aromatic heterocycles. The van der Waals surface area contributed by atoms with Crippen LogP contribution in [0.4, 0.5) is 0 Å². The van der Waals surface area contributed by atoms with Crippen molar-refractivity contribution in [1.82, 2.24) is 0 Å². The highest BCUT2D eigenvalue weighted by Gasteiger charge is 2.27. The van der Waals surface area contributed by atoms with E-state index in [-0.39, 0.29) is 10.8 Å². The number of fused-ring (bicyclic) bond motifs is 1. The molecule has 2 N–H and O–H groups in total. The topological polar surface area (TPSA) is 95.7 Å². The Morgan fingerprint density at radius 3 is 2.71 bits per heavy atom. The average Bonchev–Trinajstić information content (AvgIpc) is 2.62. The van der Waals surface area contributed by atoms with Gasteiger partial charge >= 0.3 is 0 Å². The second-order valence-corrected chi connectivity index (χ2v) is 7.54. The molecule has 0 saturated carbocycles. The van der Waals surface area contributed by atoms with E-state index in [9.17, 15) is 13.2 Å². The molecule has 1 aliphatic rings. The first-order valence-corrected chi connectivity index (χ1v) is 8.49. The van der Waals surface area contributed by atoms with Crippen LogP contribution in [0.2, 0.25) is 5.02 Å². The van der Waals surface area contributed by atoms with Crippen LogP contribution < -0.4 is 15.2 Å². The van der Waals surface area contributed by atoms with E-state index in [0.29, 0.717) is 30.3 Å². The van der Waals surface area contributed by atoms with E-state index < -0.39 is 21.0 Å². The maximum absolute atomic E-state index is 12.1. The van der Waals surface area contributed by atoms with Crippen LogP contribution in [0.25, 0.3) is 0 Å². The van der Waals surface area contributed by atoms with Crippen LogP contribution >= 0.6 is 11.6 Å². The fourth-order valence-corrected chi connectivity index (χ4v) is 3.42. The molecule has 1 aliphatic heterocycles. The van der Waals surface area contributed by atoms with Crippen LogP contribution in [0.1, 0.15) is 18.9 Å². The van der Waals surface area contributed by atoms with Crippen molar-refractivity contribution in [2.24, 2.45) is 5.73 Å². The maximum atomic E-state index is 12.1. The summed E-state index contributed by atoms with van der Waals surface area (Å²) in [7, 11) is -3.69. The summed E-state index contributed by atoms with van der Waals surface area (Å²) in [6, 6.07) is 3.07. The zero-order valence-electron chi connectivity index (χ0n) is 11.5. The highest BCUT2D eigenvalue weighted by atomic mass is 35.5. The smallest absolute Gasteiger partial charge is 0.235 e. The van der Waals surface area contributed by atoms with Gasteiger partial charge in [0.1, 0.15) is 5.25 Å². The fourth-order valence-electron chi connectivity index (χ4n) is 1.90. The van der Waals surface area contributed by atoms with Crippen molar-refractivity contribution in [3.05, 3.63) is 22.7 Å². The molecular weight excluding hydrogens is 318 g/mol. The number of ether oxygens (including phenoxy) is 2. The van der Waals surface area contributed by atoms with E-state index in [1.807, 2.05) is 0 Å². The lowest BCUT2D eigenvalue weighted by molar-refractivity contribution is -0.117. The first-order valence-electron chi connectivity index (χ1n) is 6.40. The van der Waals surface area contributed by atoms with Crippen molar-refractivity contribution < 1.29 is 22.7 Å². The molecule has 116 valence electrons. The Bertz CT molecular complexity index is 659. The maximum Gasteiger partial charge on any atom is 0.235 e. The minimum Gasteiger partial charge on any atom is -0.489 e. The minimum absolute atomic E-state index is 0.284. The molecule has 0 spiro atoms. The van der Waals surface area contributed by atoms with Gasteiger partial charge in [0.2, 0.25) is 5.91 Å². The van der Waals surface area contributed by atoms with Gasteiger partial charge in [0.05, 0.1) is 24.0 Å². The molecule has 6 nitrogen and oxygen atoms in total. The normalized spacial score (nSPS) is 16.1. The van der Waals surface area contributed by atoms with Crippen LogP contribution in [0.3, 0.4) is 0 Å². The predicted molar refractivity (Wildman–Crippen MR) is 78.3 cm³/mol. The van der Waals surface area contributed by atoms with Crippen LogP contribution in [-0.4, -0.2) is 32.8 Å². The van der Waals surface area contributed by atoms with Crippen LogP contribution in [0.15, 0.2) is 12.1 Å². The molecule has 1 aromatic rings. The number of hydrogen-bond acceptors (Lipinski definition) is 5. The third-order valence-electron chi connectivity index (χ3n) is 3.17. The Balaban J connectivity index is 2.32. The van der Waals surface area contributed by atoms with Crippen molar-refractivity contribution in [2.45, 2.75) is 24.3 Å². The molecule has 0 fully saturated rings. The zero-order chi connectivity index (χ0) is 15.6. The quantitative estimate of drug-likeness (QED) is 0.895. The molecule has 1 amide bonds. The van der Waals surface area contributed by atoms with Gasteiger partial charge in [0, 0.05) is 6.42 Å². The number of sulfone groups is 1. The van der Waals surface area contributed by atoms with Crippen LogP contribution in [-0.2, 0) is 20.4 Å². The number of carbonyl (C=O) groups excluding carboxylic acids is 1. The summed E-state index contributed by atoms with van der Waals surface area (Å²) in [5.74, 6) is -0.390. The second kappa shape index (κ2) is 6.11. The fraction of sp³-hybridized carbons (Fsp3) is 0.462. The molecule has 1 heterocycles. The monoisotopic (exact) mass is 333 g/mol. The number of benzene rings is 1. The lowest BCUT2D eigenvalue weighted by atomic mass is 10.2.